The second kappa shape index (κ2) is 11.2. The van der Waals surface area contributed by atoms with Gasteiger partial charge in [0, 0.05) is 25.4 Å². The highest BCUT2D eigenvalue weighted by atomic mass is 16.5. The number of hydrogen-bond donors (Lipinski definition) is 0. The van der Waals surface area contributed by atoms with E-state index in [2.05, 4.69) is 6.92 Å². The zero-order valence-electron chi connectivity index (χ0n) is 15.7. The van der Waals surface area contributed by atoms with E-state index < -0.39 is 0 Å². The summed E-state index contributed by atoms with van der Waals surface area (Å²) in [4.78, 5) is 32.9. The first kappa shape index (κ1) is 20.6. The zero-order chi connectivity index (χ0) is 17.9. The Morgan fingerprint density at radius 3 is 2.67 bits per heavy atom. The Morgan fingerprint density at radius 1 is 1.29 bits per heavy atom. The van der Waals surface area contributed by atoms with E-state index in [1.165, 1.54) is 0 Å². The number of rotatable bonds is 7. The van der Waals surface area contributed by atoms with Crippen LogP contribution >= 0.6 is 0 Å². The Balaban J connectivity index is 2.82. The van der Waals surface area contributed by atoms with Gasteiger partial charge in [0.25, 0.3) is 0 Å². The van der Waals surface area contributed by atoms with E-state index >= 15 is 0 Å². The van der Waals surface area contributed by atoms with Gasteiger partial charge in [-0.3, -0.25) is 24.4 Å². The number of carbonyl (C=O) groups excluding carboxylic acids is 2. The van der Waals surface area contributed by atoms with E-state index in [1.54, 1.807) is 0 Å². The van der Waals surface area contributed by atoms with E-state index in [1.807, 2.05) is 30.6 Å². The van der Waals surface area contributed by atoms with Gasteiger partial charge in [-0.15, -0.1) is 0 Å². The normalized spacial score (nSPS) is 17.8. The summed E-state index contributed by atoms with van der Waals surface area (Å²) in [6, 6.07) is 0.128. The molecule has 0 spiro atoms. The van der Waals surface area contributed by atoms with Gasteiger partial charge in [-0.2, -0.15) is 0 Å². The molecule has 0 bridgehead atoms. The molecule has 0 saturated carbocycles. The van der Waals surface area contributed by atoms with Crippen LogP contribution in [0, 0.1) is 0 Å². The van der Waals surface area contributed by atoms with Gasteiger partial charge in [-0.25, -0.2) is 0 Å². The number of unbranched alkanes of at least 4 members (excludes halogenated alkanes) is 1. The molecule has 0 N–H and O–H groups in total. The Hall–Kier alpha value is -1.43. The molecule has 1 aliphatic rings. The van der Waals surface area contributed by atoms with Gasteiger partial charge in [0.1, 0.15) is 5.84 Å². The highest BCUT2D eigenvalue weighted by molar-refractivity contribution is 5.98. The molecule has 1 aliphatic heterocycles. The molecule has 6 heteroatoms. The number of esters is 1. The summed E-state index contributed by atoms with van der Waals surface area (Å²) >= 11 is 0. The quantitative estimate of drug-likeness (QED) is 0.669. The topological polar surface area (TPSA) is 62.2 Å². The third kappa shape index (κ3) is 6.99. The average Bonchev–Trinajstić information content (AvgIpc) is 2.51. The Bertz CT molecular complexity index is 435. The zero-order valence-corrected chi connectivity index (χ0v) is 15.7. The van der Waals surface area contributed by atoms with Gasteiger partial charge in [-0.05, 0) is 40.2 Å². The number of hydrogen-bond acceptors (Lipinski definition) is 5. The third-order valence-electron chi connectivity index (χ3n) is 4.05. The highest BCUT2D eigenvalue weighted by Gasteiger charge is 2.23. The summed E-state index contributed by atoms with van der Waals surface area (Å²) in [6.45, 7) is 10.7. The van der Waals surface area contributed by atoms with Crippen molar-refractivity contribution < 1.29 is 14.3 Å². The minimum Gasteiger partial charge on any atom is -0.465 e. The second-order valence-corrected chi connectivity index (χ2v) is 6.44. The molecule has 1 amide bonds. The van der Waals surface area contributed by atoms with Gasteiger partial charge in [0.15, 0.2) is 0 Å². The van der Waals surface area contributed by atoms with Crippen LogP contribution in [-0.2, 0) is 14.3 Å². The SMILES string of the molecule is CCCCC1=NCCN(CC(=O)OCC)CCCC(=O)N1C(C)C. The van der Waals surface area contributed by atoms with Crippen molar-refractivity contribution in [3.8, 4) is 0 Å². The van der Waals surface area contributed by atoms with Gasteiger partial charge in [0.05, 0.1) is 19.7 Å². The molecule has 0 fully saturated rings. The predicted molar refractivity (Wildman–Crippen MR) is 96.1 cm³/mol. The van der Waals surface area contributed by atoms with Gasteiger partial charge in [0.2, 0.25) is 5.91 Å². The standard InChI is InChI=1S/C18H33N3O3/c1-5-7-9-16-19-11-13-20(14-18(23)24-6-2)12-8-10-17(22)21(16)15(3)4/h15H,5-14H2,1-4H3. The minimum atomic E-state index is -0.208. The molecule has 138 valence electrons. The fourth-order valence-electron chi connectivity index (χ4n) is 2.89. The summed E-state index contributed by atoms with van der Waals surface area (Å²) in [6.07, 6.45) is 4.18. The van der Waals surface area contributed by atoms with Crippen LogP contribution in [0.2, 0.25) is 0 Å². The molecule has 0 unspecified atom stereocenters. The molecule has 1 rings (SSSR count). The molecular weight excluding hydrogens is 306 g/mol. The third-order valence-corrected chi connectivity index (χ3v) is 4.05. The lowest BCUT2D eigenvalue weighted by Crippen LogP contribution is -2.44. The Kier molecular flexibility index (Phi) is 9.60. The maximum absolute atomic E-state index is 12.6. The van der Waals surface area contributed by atoms with Crippen molar-refractivity contribution in [3.63, 3.8) is 0 Å². The van der Waals surface area contributed by atoms with Crippen LogP contribution in [-0.4, -0.2) is 66.3 Å². The van der Waals surface area contributed by atoms with Crippen LogP contribution in [0.15, 0.2) is 4.99 Å². The van der Waals surface area contributed by atoms with E-state index in [0.29, 0.717) is 26.1 Å². The largest absolute Gasteiger partial charge is 0.465 e. The van der Waals surface area contributed by atoms with Gasteiger partial charge >= 0.3 is 5.97 Å². The van der Waals surface area contributed by atoms with Crippen LogP contribution in [0.3, 0.4) is 0 Å². The van der Waals surface area contributed by atoms with Crippen molar-refractivity contribution in [2.45, 2.75) is 65.8 Å². The Morgan fingerprint density at radius 2 is 2.04 bits per heavy atom. The molecule has 0 aromatic carbocycles. The molecule has 0 atom stereocenters. The lowest BCUT2D eigenvalue weighted by molar-refractivity contribution is -0.144. The van der Waals surface area contributed by atoms with Crippen LogP contribution in [0.5, 0.6) is 0 Å². The van der Waals surface area contributed by atoms with Crippen molar-refractivity contribution in [3.05, 3.63) is 0 Å². The minimum absolute atomic E-state index is 0.128. The first-order valence-corrected chi connectivity index (χ1v) is 9.22. The van der Waals surface area contributed by atoms with E-state index in [-0.39, 0.29) is 24.5 Å². The lowest BCUT2D eigenvalue weighted by Gasteiger charge is -2.30. The molecule has 1 heterocycles. The molecule has 0 saturated heterocycles. The summed E-state index contributed by atoms with van der Waals surface area (Å²) in [5.41, 5.74) is 0. The fourth-order valence-corrected chi connectivity index (χ4v) is 2.89. The van der Waals surface area contributed by atoms with Crippen LogP contribution in [0.4, 0.5) is 0 Å². The van der Waals surface area contributed by atoms with E-state index in [0.717, 1.165) is 38.1 Å². The number of ether oxygens (including phenoxy) is 1. The molecular formula is C18H33N3O3. The lowest BCUT2D eigenvalue weighted by atomic mass is 10.1. The number of nitrogens with zero attached hydrogens (tertiary/aromatic N) is 3. The number of carbonyl (C=O) groups is 2. The molecule has 0 aromatic heterocycles. The molecule has 0 aromatic rings. The maximum Gasteiger partial charge on any atom is 0.320 e. The first-order chi connectivity index (χ1) is 11.5. The fraction of sp³-hybridized carbons (Fsp3) is 0.833. The molecule has 6 nitrogen and oxygen atoms in total. The number of amidine groups is 1. The second-order valence-electron chi connectivity index (χ2n) is 6.44. The van der Waals surface area contributed by atoms with Crippen molar-refractivity contribution in [1.29, 1.82) is 0 Å². The summed E-state index contributed by atoms with van der Waals surface area (Å²) < 4.78 is 5.02. The first-order valence-electron chi connectivity index (χ1n) is 9.22. The Labute approximate surface area is 146 Å². The van der Waals surface area contributed by atoms with Crippen molar-refractivity contribution in [2.75, 3.05) is 32.8 Å². The summed E-state index contributed by atoms with van der Waals surface area (Å²) in [5, 5.41) is 0. The smallest absolute Gasteiger partial charge is 0.320 e. The van der Waals surface area contributed by atoms with Crippen molar-refractivity contribution >= 4 is 17.7 Å². The van der Waals surface area contributed by atoms with Crippen molar-refractivity contribution in [2.24, 2.45) is 4.99 Å². The average molecular weight is 339 g/mol. The molecule has 0 radical (unpaired) electrons. The molecule has 0 aliphatic carbocycles. The molecule has 24 heavy (non-hydrogen) atoms. The van der Waals surface area contributed by atoms with Crippen LogP contribution < -0.4 is 0 Å². The highest BCUT2D eigenvalue weighted by Crippen LogP contribution is 2.12. The van der Waals surface area contributed by atoms with Crippen LogP contribution in [0.1, 0.15) is 59.8 Å². The summed E-state index contributed by atoms with van der Waals surface area (Å²) in [5.74, 6) is 0.826. The monoisotopic (exact) mass is 339 g/mol. The van der Waals surface area contributed by atoms with Gasteiger partial charge in [-0.1, -0.05) is 13.3 Å². The van der Waals surface area contributed by atoms with Crippen LogP contribution in [0.25, 0.3) is 0 Å². The van der Waals surface area contributed by atoms with Gasteiger partial charge < -0.3 is 4.74 Å². The number of aliphatic imine (C=N–C) groups is 1. The predicted octanol–water partition coefficient (Wildman–Crippen LogP) is 2.47. The maximum atomic E-state index is 12.6. The van der Waals surface area contributed by atoms with E-state index in [4.69, 9.17) is 9.73 Å². The van der Waals surface area contributed by atoms with E-state index in [9.17, 15) is 9.59 Å². The summed E-state index contributed by atoms with van der Waals surface area (Å²) in [7, 11) is 0. The number of amides is 1. The van der Waals surface area contributed by atoms with Crippen molar-refractivity contribution in [1.82, 2.24) is 9.80 Å².